The Morgan fingerprint density at radius 3 is 0.769 bits per heavy atom. The van der Waals surface area contributed by atoms with Crippen LogP contribution < -0.4 is 0 Å². The minimum atomic E-state index is -1.75. The first kappa shape index (κ1) is 22.5. The second-order valence-corrected chi connectivity index (χ2v) is 0.685. The van der Waals surface area contributed by atoms with Crippen molar-refractivity contribution in [1.82, 2.24) is 0 Å². The fourth-order valence-corrected chi connectivity index (χ4v) is 0. The monoisotopic (exact) mass is 245 g/mol. The summed E-state index contributed by atoms with van der Waals surface area (Å²) in [6.07, 6.45) is 0. The summed E-state index contributed by atoms with van der Waals surface area (Å²) in [6.45, 7) is 0. The molecule has 0 aliphatic heterocycles. The van der Waals surface area contributed by atoms with Crippen molar-refractivity contribution in [3.8, 4) is 0 Å². The van der Waals surface area contributed by atoms with Gasteiger partial charge in [0.1, 0.15) is 0 Å². The van der Waals surface area contributed by atoms with E-state index in [1.807, 2.05) is 0 Å². The molecule has 0 unspecified atom stereocenters. The predicted octanol–water partition coefficient (Wildman–Crippen LogP) is -0.828. The summed E-state index contributed by atoms with van der Waals surface area (Å²) in [5.41, 5.74) is 0. The van der Waals surface area contributed by atoms with E-state index in [2.05, 4.69) is 0 Å². The Bertz CT molecular complexity index is 112. The van der Waals surface area contributed by atoms with Gasteiger partial charge in [-0.25, -0.2) is 0 Å². The van der Waals surface area contributed by atoms with Crippen molar-refractivity contribution in [2.24, 2.45) is 0 Å². The predicted molar refractivity (Wildman–Crippen MR) is 29.5 cm³/mol. The van der Waals surface area contributed by atoms with Crippen molar-refractivity contribution in [2.75, 3.05) is 0 Å². The van der Waals surface area contributed by atoms with Gasteiger partial charge in [-0.1, -0.05) is 0 Å². The summed E-state index contributed by atoms with van der Waals surface area (Å²) in [6, 6.07) is 0. The Kier molecular flexibility index (Phi) is 28.7. The van der Waals surface area contributed by atoms with Crippen LogP contribution in [0.5, 0.6) is 0 Å². The fourth-order valence-electron chi connectivity index (χ4n) is 0. The van der Waals surface area contributed by atoms with Crippen LogP contribution in [-0.4, -0.2) is 20.5 Å². The summed E-state index contributed by atoms with van der Waals surface area (Å²) >= 11 is 0. The molecule has 0 aromatic rings. The molecule has 0 heterocycles. The second kappa shape index (κ2) is 16.6. The number of rotatable bonds is 0. The Morgan fingerprint density at radius 1 is 0.769 bits per heavy atom. The molecule has 1 N–H and O–H groups in total. The van der Waals surface area contributed by atoms with Crippen LogP contribution in [0.15, 0.2) is 0 Å². The normalized spacial score (nSPS) is 5.54. The minimum Gasteiger partial charge on any atom is -0.356 e. The molecule has 0 radical (unpaired) electrons. The van der Waals surface area contributed by atoms with E-state index in [0.717, 1.165) is 0 Å². The van der Waals surface area contributed by atoms with Crippen molar-refractivity contribution in [3.05, 3.63) is 40.8 Å². The first-order chi connectivity index (χ1) is 5.20. The van der Waals surface area contributed by atoms with Crippen molar-refractivity contribution in [2.45, 2.75) is 0 Å². The Morgan fingerprint density at radius 2 is 0.769 bits per heavy atom. The smallest absolute Gasteiger partial charge is 0.356 e. The molecule has 0 aliphatic rings. The van der Waals surface area contributed by atoms with E-state index < -0.39 is 15.3 Å². The van der Waals surface area contributed by atoms with Crippen LogP contribution in [0.1, 0.15) is 0 Å². The molecule has 80 valence electrons. The molecule has 13 heavy (non-hydrogen) atoms. The maximum absolute atomic E-state index is 8.36. The average Bonchev–Trinajstić information content (AvgIpc) is 1.54. The van der Waals surface area contributed by atoms with Crippen molar-refractivity contribution >= 4 is 0 Å². The van der Waals surface area contributed by atoms with Crippen LogP contribution in [0, 0.1) is 40.8 Å². The largest absolute Gasteiger partial charge is 2.00 e. The van der Waals surface area contributed by atoms with Crippen LogP contribution in [0.2, 0.25) is 0 Å². The average molecular weight is 246 g/mol. The zero-order valence-corrected chi connectivity index (χ0v) is 6.36. The third-order valence-corrected chi connectivity index (χ3v) is 0. The van der Waals surface area contributed by atoms with Gasteiger partial charge < -0.3 is 35.9 Å². The van der Waals surface area contributed by atoms with Crippen LogP contribution in [0.4, 0.5) is 0 Å². The summed E-state index contributed by atoms with van der Waals surface area (Å²) < 4.78 is 0. The SMILES string of the molecule is O=[N+]([O-])O.O=[N+]([O-])[O-].O=[N+]([O-])[O-].[Ni+2]. The van der Waals surface area contributed by atoms with Crippen LogP contribution in [-0.2, 0) is 16.5 Å². The molecule has 0 spiro atoms. The maximum Gasteiger partial charge on any atom is 2.00 e. The van der Waals surface area contributed by atoms with E-state index in [9.17, 15) is 0 Å². The van der Waals surface area contributed by atoms with E-state index in [0.29, 0.717) is 0 Å². The van der Waals surface area contributed by atoms with E-state index in [4.69, 9.17) is 46.0 Å². The Hall–Kier alpha value is -1.91. The first-order valence-corrected chi connectivity index (χ1v) is 1.66. The van der Waals surface area contributed by atoms with Crippen molar-refractivity contribution < 1.29 is 37.0 Å². The second-order valence-electron chi connectivity index (χ2n) is 0.685. The van der Waals surface area contributed by atoms with E-state index in [1.54, 1.807) is 0 Å². The van der Waals surface area contributed by atoms with Gasteiger partial charge in [-0.15, -0.1) is 10.1 Å². The number of hydrogen-bond acceptors (Lipinski definition) is 8. The third kappa shape index (κ3) is 182. The summed E-state index contributed by atoms with van der Waals surface area (Å²) in [4.78, 5) is 24.9. The van der Waals surface area contributed by atoms with Gasteiger partial charge in [0.15, 0.2) is 0 Å². The van der Waals surface area contributed by atoms with Crippen molar-refractivity contribution in [1.29, 1.82) is 0 Å². The molecule has 0 saturated heterocycles. The zero-order chi connectivity index (χ0) is 10.7. The van der Waals surface area contributed by atoms with E-state index in [1.165, 1.54) is 0 Å². The van der Waals surface area contributed by atoms with Gasteiger partial charge in [0.25, 0.3) is 5.09 Å². The van der Waals surface area contributed by atoms with Crippen LogP contribution in [0.3, 0.4) is 0 Å². The molecular weight excluding hydrogens is 245 g/mol. The van der Waals surface area contributed by atoms with Gasteiger partial charge in [0.05, 0.1) is 10.2 Å². The van der Waals surface area contributed by atoms with Gasteiger partial charge in [-0.2, -0.15) is 0 Å². The van der Waals surface area contributed by atoms with Gasteiger partial charge >= 0.3 is 16.5 Å². The Labute approximate surface area is 78.6 Å². The number of hydrogen-bond donors (Lipinski definition) is 1. The molecule has 0 atom stereocenters. The Balaban J connectivity index is -0.0000000450. The van der Waals surface area contributed by atoms with Gasteiger partial charge in [0.2, 0.25) is 0 Å². The fraction of sp³-hybridized carbons (Fsp3) is 0. The minimum absolute atomic E-state index is 0. The van der Waals surface area contributed by atoms with E-state index in [-0.39, 0.29) is 16.5 Å². The van der Waals surface area contributed by atoms with Crippen LogP contribution in [0.25, 0.3) is 0 Å². The molecule has 0 aromatic heterocycles. The summed E-state index contributed by atoms with van der Waals surface area (Å²) in [5.74, 6) is 0. The molecule has 0 amide bonds. The molecule has 0 saturated carbocycles. The zero-order valence-electron chi connectivity index (χ0n) is 5.37. The molecule has 13 heteroatoms. The maximum atomic E-state index is 8.36. The van der Waals surface area contributed by atoms with E-state index >= 15 is 0 Å². The van der Waals surface area contributed by atoms with Gasteiger partial charge in [-0.3, -0.25) is 0 Å². The molecule has 0 rings (SSSR count). The molecule has 0 aromatic carbocycles. The molecule has 12 nitrogen and oxygen atoms in total. The third-order valence-electron chi connectivity index (χ3n) is 0. The first-order valence-electron chi connectivity index (χ1n) is 1.66. The summed E-state index contributed by atoms with van der Waals surface area (Å²) in [7, 11) is 0. The quantitative estimate of drug-likeness (QED) is 0.321. The molecule has 0 bridgehead atoms. The molecule has 0 fully saturated rings. The standard InChI is InChI=1S/HNO3.2NO3.Ni/c3*2-1(3)4;/h(H,2,3,4);;;/q;2*-1;+2. The van der Waals surface area contributed by atoms with Crippen LogP contribution >= 0.6 is 0 Å². The van der Waals surface area contributed by atoms with Gasteiger partial charge in [0, 0.05) is 0 Å². The molecule has 0 aliphatic carbocycles. The summed E-state index contributed by atoms with van der Waals surface area (Å²) in [5, 5.41) is 43.1. The van der Waals surface area contributed by atoms with Crippen molar-refractivity contribution in [3.63, 3.8) is 0 Å². The topological polar surface area (TPSA) is 196 Å². The number of nitrogens with zero attached hydrogens (tertiary/aromatic N) is 3. The van der Waals surface area contributed by atoms with Gasteiger partial charge in [-0.05, 0) is 0 Å². The molecular formula is HN3NiO9.